The van der Waals surface area contributed by atoms with Crippen LogP contribution in [0.25, 0.3) is 0 Å². The van der Waals surface area contributed by atoms with Crippen molar-refractivity contribution in [1.29, 1.82) is 0 Å². The molecule has 1 aromatic carbocycles. The number of fused-ring (bicyclic) bond motifs is 1. The number of nitrogens with zero attached hydrogens (tertiary/aromatic N) is 4. The molecule has 1 N–H and O–H groups in total. The largest absolute Gasteiger partial charge is 0.384 e. The summed E-state index contributed by atoms with van der Waals surface area (Å²) in [5.74, 6) is 1.07. The highest BCUT2D eigenvalue weighted by molar-refractivity contribution is 5.45. The summed E-state index contributed by atoms with van der Waals surface area (Å²) in [6.07, 6.45) is 1.82. The maximum Gasteiger partial charge on any atom is 0.147 e. The van der Waals surface area contributed by atoms with Gasteiger partial charge in [0, 0.05) is 31.9 Å². The summed E-state index contributed by atoms with van der Waals surface area (Å²) in [5, 5.41) is 11.5. The molecule has 2 heterocycles. The summed E-state index contributed by atoms with van der Waals surface area (Å²) in [6.45, 7) is 7.06. The molecule has 0 saturated heterocycles. The maximum atomic E-state index is 4.14. The molecule has 0 bridgehead atoms. The minimum Gasteiger partial charge on any atom is -0.384 e. The summed E-state index contributed by atoms with van der Waals surface area (Å²) in [4.78, 5) is 2.41. The molecule has 0 aliphatic carbocycles. The van der Waals surface area contributed by atoms with Crippen LogP contribution in [0, 0.1) is 6.92 Å². The Balaban J connectivity index is 1.49. The van der Waals surface area contributed by atoms with Crippen LogP contribution in [-0.4, -0.2) is 39.3 Å². The van der Waals surface area contributed by atoms with Crippen molar-refractivity contribution in [2.75, 3.05) is 25.0 Å². The van der Waals surface area contributed by atoms with Crippen LogP contribution in [0.1, 0.15) is 11.4 Å². The van der Waals surface area contributed by atoms with Gasteiger partial charge in [0.2, 0.25) is 0 Å². The van der Waals surface area contributed by atoms with E-state index in [0.29, 0.717) is 0 Å². The average molecular weight is 257 g/mol. The minimum atomic E-state index is 0.898. The fourth-order valence-corrected chi connectivity index (χ4v) is 2.42. The highest BCUT2D eigenvalue weighted by Crippen LogP contribution is 2.11. The molecule has 0 atom stereocenters. The summed E-state index contributed by atoms with van der Waals surface area (Å²) in [7, 11) is 0. The molecular weight excluding hydrogens is 238 g/mol. The molecule has 0 fully saturated rings. The van der Waals surface area contributed by atoms with Crippen molar-refractivity contribution >= 4 is 5.69 Å². The second-order valence-corrected chi connectivity index (χ2v) is 5.01. The highest BCUT2D eigenvalue weighted by atomic mass is 15.3. The molecule has 1 aliphatic rings. The van der Waals surface area contributed by atoms with Crippen molar-refractivity contribution in [1.82, 2.24) is 19.7 Å². The average Bonchev–Trinajstić information content (AvgIpc) is 2.86. The third-order valence-electron chi connectivity index (χ3n) is 3.49. The van der Waals surface area contributed by atoms with Gasteiger partial charge in [0.1, 0.15) is 12.2 Å². The molecule has 100 valence electrons. The maximum absolute atomic E-state index is 4.14. The summed E-state index contributed by atoms with van der Waals surface area (Å²) in [5.41, 5.74) is 2.48. The third kappa shape index (κ3) is 2.93. The van der Waals surface area contributed by atoms with Gasteiger partial charge in [-0.2, -0.15) is 0 Å². The molecule has 1 aromatic heterocycles. The van der Waals surface area contributed by atoms with E-state index in [0.717, 1.165) is 38.5 Å². The number of hydrogen-bond acceptors (Lipinski definition) is 4. The first-order valence-electron chi connectivity index (χ1n) is 6.71. The number of rotatable bonds is 4. The Morgan fingerprint density at radius 1 is 1.32 bits per heavy atom. The van der Waals surface area contributed by atoms with E-state index >= 15 is 0 Å². The number of benzene rings is 1. The highest BCUT2D eigenvalue weighted by Gasteiger charge is 2.16. The molecule has 0 spiro atoms. The van der Waals surface area contributed by atoms with E-state index in [1.807, 2.05) is 6.33 Å². The normalized spacial score (nSPS) is 15.2. The van der Waals surface area contributed by atoms with Gasteiger partial charge in [0.25, 0.3) is 0 Å². The van der Waals surface area contributed by atoms with E-state index in [9.17, 15) is 0 Å². The lowest BCUT2D eigenvalue weighted by molar-refractivity contribution is 0.225. The monoisotopic (exact) mass is 257 g/mol. The molecule has 5 nitrogen and oxygen atoms in total. The SMILES string of the molecule is Cc1cccc(NCCN2CCn3cnnc3C2)c1. The summed E-state index contributed by atoms with van der Waals surface area (Å²) in [6, 6.07) is 8.48. The van der Waals surface area contributed by atoms with Gasteiger partial charge in [-0.05, 0) is 24.6 Å². The van der Waals surface area contributed by atoms with Gasteiger partial charge in [-0.15, -0.1) is 10.2 Å². The Morgan fingerprint density at radius 3 is 3.16 bits per heavy atom. The van der Waals surface area contributed by atoms with Gasteiger partial charge >= 0.3 is 0 Å². The number of nitrogens with one attached hydrogen (secondary N) is 1. The molecule has 0 unspecified atom stereocenters. The van der Waals surface area contributed by atoms with Crippen molar-refractivity contribution in [3.63, 3.8) is 0 Å². The van der Waals surface area contributed by atoms with Crippen LogP contribution in [0.15, 0.2) is 30.6 Å². The van der Waals surface area contributed by atoms with E-state index in [-0.39, 0.29) is 0 Å². The van der Waals surface area contributed by atoms with Gasteiger partial charge in [0.05, 0.1) is 6.54 Å². The second kappa shape index (κ2) is 5.40. The van der Waals surface area contributed by atoms with Crippen LogP contribution >= 0.6 is 0 Å². The van der Waals surface area contributed by atoms with Crippen molar-refractivity contribution in [2.24, 2.45) is 0 Å². The molecule has 0 radical (unpaired) electrons. The van der Waals surface area contributed by atoms with E-state index in [1.54, 1.807) is 0 Å². The van der Waals surface area contributed by atoms with Crippen LogP contribution < -0.4 is 5.32 Å². The van der Waals surface area contributed by atoms with E-state index in [4.69, 9.17) is 0 Å². The van der Waals surface area contributed by atoms with Crippen molar-refractivity contribution < 1.29 is 0 Å². The predicted molar refractivity (Wildman–Crippen MR) is 75.0 cm³/mol. The lowest BCUT2D eigenvalue weighted by Crippen LogP contribution is -2.36. The van der Waals surface area contributed by atoms with E-state index < -0.39 is 0 Å². The standard InChI is InChI=1S/C14H19N5/c1-12-3-2-4-13(9-12)15-5-6-18-7-8-19-11-16-17-14(19)10-18/h2-4,9,11,15H,5-8,10H2,1H3. The van der Waals surface area contributed by atoms with Crippen LogP contribution in [0.5, 0.6) is 0 Å². The Morgan fingerprint density at radius 2 is 2.26 bits per heavy atom. The van der Waals surface area contributed by atoms with Crippen LogP contribution in [0.4, 0.5) is 5.69 Å². The van der Waals surface area contributed by atoms with Crippen LogP contribution in [0.3, 0.4) is 0 Å². The predicted octanol–water partition coefficient (Wildman–Crippen LogP) is 1.51. The lowest BCUT2D eigenvalue weighted by atomic mass is 10.2. The van der Waals surface area contributed by atoms with E-state index in [1.165, 1.54) is 11.3 Å². The first kappa shape index (κ1) is 12.2. The quantitative estimate of drug-likeness (QED) is 0.902. The van der Waals surface area contributed by atoms with Gasteiger partial charge < -0.3 is 9.88 Å². The molecule has 0 saturated carbocycles. The molecule has 3 rings (SSSR count). The molecule has 19 heavy (non-hydrogen) atoms. The minimum absolute atomic E-state index is 0.898. The zero-order valence-corrected chi connectivity index (χ0v) is 11.2. The molecule has 1 aliphatic heterocycles. The van der Waals surface area contributed by atoms with Gasteiger partial charge in [-0.3, -0.25) is 4.90 Å². The van der Waals surface area contributed by atoms with E-state index in [2.05, 4.69) is 56.2 Å². The Hall–Kier alpha value is -1.88. The number of aryl methyl sites for hydroxylation is 1. The van der Waals surface area contributed by atoms with Gasteiger partial charge in [0.15, 0.2) is 0 Å². The molecule has 2 aromatic rings. The Bertz CT molecular complexity index is 548. The van der Waals surface area contributed by atoms with Crippen LogP contribution in [-0.2, 0) is 13.1 Å². The number of aromatic nitrogens is 3. The smallest absolute Gasteiger partial charge is 0.147 e. The summed E-state index contributed by atoms with van der Waals surface area (Å²) < 4.78 is 2.13. The lowest BCUT2D eigenvalue weighted by Gasteiger charge is -2.26. The zero-order chi connectivity index (χ0) is 13.1. The van der Waals surface area contributed by atoms with Gasteiger partial charge in [-0.1, -0.05) is 12.1 Å². The number of hydrogen-bond donors (Lipinski definition) is 1. The molecule has 5 heteroatoms. The first-order chi connectivity index (χ1) is 9.31. The molecule has 0 amide bonds. The van der Waals surface area contributed by atoms with Crippen molar-refractivity contribution in [3.8, 4) is 0 Å². The van der Waals surface area contributed by atoms with Crippen molar-refractivity contribution in [2.45, 2.75) is 20.0 Å². The first-order valence-corrected chi connectivity index (χ1v) is 6.71. The third-order valence-corrected chi connectivity index (χ3v) is 3.49. The Labute approximate surface area is 113 Å². The van der Waals surface area contributed by atoms with Gasteiger partial charge in [-0.25, -0.2) is 0 Å². The zero-order valence-electron chi connectivity index (χ0n) is 11.2. The second-order valence-electron chi connectivity index (χ2n) is 5.01. The summed E-state index contributed by atoms with van der Waals surface area (Å²) >= 11 is 0. The fourth-order valence-electron chi connectivity index (χ4n) is 2.42. The molecular formula is C14H19N5. The Kier molecular flexibility index (Phi) is 3.46. The van der Waals surface area contributed by atoms with Crippen LogP contribution in [0.2, 0.25) is 0 Å². The topological polar surface area (TPSA) is 46.0 Å². The van der Waals surface area contributed by atoms with Crippen molar-refractivity contribution in [3.05, 3.63) is 42.0 Å². The number of anilines is 1. The fraction of sp³-hybridized carbons (Fsp3) is 0.429.